The van der Waals surface area contributed by atoms with Crippen molar-refractivity contribution >= 4 is 27.4 Å². The number of fused-ring (bicyclic) bond motifs is 3. The van der Waals surface area contributed by atoms with Crippen LogP contribution in [-0.4, -0.2) is 23.1 Å². The predicted octanol–water partition coefficient (Wildman–Crippen LogP) is 3.17. The van der Waals surface area contributed by atoms with E-state index in [2.05, 4.69) is 14.9 Å². The number of hydrogen-bond donors (Lipinski definition) is 0. The van der Waals surface area contributed by atoms with Crippen molar-refractivity contribution in [3.8, 4) is 0 Å². The van der Waals surface area contributed by atoms with Crippen molar-refractivity contribution in [3.05, 3.63) is 16.8 Å². The zero-order chi connectivity index (χ0) is 11.9. The quantitative estimate of drug-likeness (QED) is 0.787. The Morgan fingerprint density at radius 3 is 2.78 bits per heavy atom. The van der Waals surface area contributed by atoms with Crippen LogP contribution >= 0.6 is 11.3 Å². The van der Waals surface area contributed by atoms with Gasteiger partial charge in [0.1, 0.15) is 17.0 Å². The molecule has 4 heteroatoms. The number of aromatic nitrogens is 2. The molecule has 1 fully saturated rings. The molecule has 1 aliphatic heterocycles. The topological polar surface area (TPSA) is 29.0 Å². The second-order valence-electron chi connectivity index (χ2n) is 5.28. The van der Waals surface area contributed by atoms with Gasteiger partial charge in [-0.3, -0.25) is 0 Å². The van der Waals surface area contributed by atoms with Crippen molar-refractivity contribution in [1.82, 2.24) is 9.97 Å². The summed E-state index contributed by atoms with van der Waals surface area (Å²) in [7, 11) is 0. The number of nitrogens with zero attached hydrogens (tertiary/aromatic N) is 3. The fourth-order valence-electron chi connectivity index (χ4n) is 3.26. The Balaban J connectivity index is 1.88. The highest BCUT2D eigenvalue weighted by atomic mass is 32.1. The molecule has 0 aromatic carbocycles. The fourth-order valence-corrected chi connectivity index (χ4v) is 4.48. The third-order valence-electron chi connectivity index (χ3n) is 4.14. The standard InChI is InChI=1S/C14H17N3S/c1-2-7-17(8-3-1)13-12-10-5-4-6-11(10)18-14(12)16-9-15-13/h9H,1-8H2. The van der Waals surface area contributed by atoms with E-state index >= 15 is 0 Å². The first-order valence-electron chi connectivity index (χ1n) is 6.94. The number of piperidine rings is 1. The van der Waals surface area contributed by atoms with Crippen molar-refractivity contribution in [2.24, 2.45) is 0 Å². The summed E-state index contributed by atoms with van der Waals surface area (Å²) in [6, 6.07) is 0. The first kappa shape index (κ1) is 10.7. The zero-order valence-corrected chi connectivity index (χ0v) is 11.3. The van der Waals surface area contributed by atoms with E-state index in [1.165, 1.54) is 54.6 Å². The van der Waals surface area contributed by atoms with Gasteiger partial charge in [0.25, 0.3) is 0 Å². The van der Waals surface area contributed by atoms with Crippen molar-refractivity contribution in [1.29, 1.82) is 0 Å². The maximum atomic E-state index is 4.60. The van der Waals surface area contributed by atoms with Crippen LogP contribution in [-0.2, 0) is 12.8 Å². The molecule has 3 nitrogen and oxygen atoms in total. The lowest BCUT2D eigenvalue weighted by atomic mass is 10.1. The Bertz CT molecular complexity index is 584. The third-order valence-corrected chi connectivity index (χ3v) is 5.34. The monoisotopic (exact) mass is 259 g/mol. The molecule has 0 radical (unpaired) electrons. The lowest BCUT2D eigenvalue weighted by Gasteiger charge is -2.28. The van der Waals surface area contributed by atoms with E-state index in [-0.39, 0.29) is 0 Å². The van der Waals surface area contributed by atoms with Gasteiger partial charge in [0.05, 0.1) is 5.39 Å². The molecule has 3 heterocycles. The van der Waals surface area contributed by atoms with Gasteiger partial charge in [-0.05, 0) is 44.1 Å². The molecular weight excluding hydrogens is 242 g/mol. The molecule has 0 spiro atoms. The molecular formula is C14H17N3S. The normalized spacial score (nSPS) is 19.4. The Labute approximate surface area is 111 Å². The van der Waals surface area contributed by atoms with Gasteiger partial charge in [-0.1, -0.05) is 0 Å². The lowest BCUT2D eigenvalue weighted by molar-refractivity contribution is 0.574. The predicted molar refractivity (Wildman–Crippen MR) is 75.5 cm³/mol. The molecule has 0 atom stereocenters. The van der Waals surface area contributed by atoms with Crippen LogP contribution in [0.1, 0.15) is 36.1 Å². The maximum absolute atomic E-state index is 4.60. The lowest BCUT2D eigenvalue weighted by Crippen LogP contribution is -2.30. The largest absolute Gasteiger partial charge is 0.356 e. The molecule has 0 saturated carbocycles. The van der Waals surface area contributed by atoms with E-state index < -0.39 is 0 Å². The highest BCUT2D eigenvalue weighted by Crippen LogP contribution is 2.40. The highest BCUT2D eigenvalue weighted by molar-refractivity contribution is 7.19. The smallest absolute Gasteiger partial charge is 0.141 e. The summed E-state index contributed by atoms with van der Waals surface area (Å²) in [5, 5.41) is 1.37. The van der Waals surface area contributed by atoms with Crippen molar-refractivity contribution in [2.75, 3.05) is 18.0 Å². The van der Waals surface area contributed by atoms with E-state index in [4.69, 9.17) is 0 Å². The molecule has 0 unspecified atom stereocenters. The summed E-state index contributed by atoms with van der Waals surface area (Å²) in [6.07, 6.45) is 9.50. The molecule has 0 amide bonds. The summed E-state index contributed by atoms with van der Waals surface area (Å²) in [6.45, 7) is 2.33. The molecule has 0 N–H and O–H groups in total. The van der Waals surface area contributed by atoms with Gasteiger partial charge in [-0.2, -0.15) is 0 Å². The number of thiophene rings is 1. The summed E-state index contributed by atoms with van der Waals surface area (Å²) < 4.78 is 0. The Morgan fingerprint density at radius 1 is 1.00 bits per heavy atom. The van der Waals surface area contributed by atoms with E-state index in [9.17, 15) is 0 Å². The molecule has 2 aromatic rings. The second kappa shape index (κ2) is 4.19. The summed E-state index contributed by atoms with van der Waals surface area (Å²) >= 11 is 1.89. The Morgan fingerprint density at radius 2 is 1.89 bits per heavy atom. The van der Waals surface area contributed by atoms with Gasteiger partial charge in [-0.25, -0.2) is 9.97 Å². The minimum Gasteiger partial charge on any atom is -0.356 e. The molecule has 94 valence electrons. The molecule has 2 aromatic heterocycles. The number of aryl methyl sites for hydroxylation is 2. The average molecular weight is 259 g/mol. The van der Waals surface area contributed by atoms with Crippen LogP contribution in [0.4, 0.5) is 5.82 Å². The second-order valence-corrected chi connectivity index (χ2v) is 6.37. The van der Waals surface area contributed by atoms with Crippen molar-refractivity contribution in [2.45, 2.75) is 38.5 Å². The Hall–Kier alpha value is -1.16. The SMILES string of the molecule is c1nc(N2CCCCC2)c2c3c(sc2n1)CCC3. The first-order chi connectivity index (χ1) is 8.93. The fraction of sp³-hybridized carbons (Fsp3) is 0.571. The number of hydrogen-bond acceptors (Lipinski definition) is 4. The van der Waals surface area contributed by atoms with E-state index in [1.807, 2.05) is 11.3 Å². The van der Waals surface area contributed by atoms with Crippen molar-refractivity contribution in [3.63, 3.8) is 0 Å². The summed E-state index contributed by atoms with van der Waals surface area (Å²) in [4.78, 5) is 14.3. The van der Waals surface area contributed by atoms with Crippen LogP contribution < -0.4 is 4.90 Å². The average Bonchev–Trinajstić information content (AvgIpc) is 2.99. The molecule has 4 rings (SSSR count). The minimum absolute atomic E-state index is 1.16. The number of anilines is 1. The molecule has 2 aliphatic rings. The van der Waals surface area contributed by atoms with E-state index in [0.29, 0.717) is 0 Å². The van der Waals surface area contributed by atoms with E-state index in [0.717, 1.165) is 13.1 Å². The van der Waals surface area contributed by atoms with Crippen LogP contribution in [0.2, 0.25) is 0 Å². The Kier molecular flexibility index (Phi) is 2.50. The zero-order valence-electron chi connectivity index (χ0n) is 10.5. The number of rotatable bonds is 1. The first-order valence-corrected chi connectivity index (χ1v) is 7.75. The van der Waals surface area contributed by atoms with Gasteiger partial charge in [-0.15, -0.1) is 11.3 Å². The minimum atomic E-state index is 1.16. The van der Waals surface area contributed by atoms with Gasteiger partial charge in [0, 0.05) is 18.0 Å². The molecule has 1 aliphatic carbocycles. The molecule has 1 saturated heterocycles. The van der Waals surface area contributed by atoms with Gasteiger partial charge in [0.15, 0.2) is 0 Å². The van der Waals surface area contributed by atoms with Crippen LogP contribution in [0.5, 0.6) is 0 Å². The van der Waals surface area contributed by atoms with Crippen LogP contribution in [0, 0.1) is 0 Å². The van der Waals surface area contributed by atoms with Gasteiger partial charge in [0.2, 0.25) is 0 Å². The van der Waals surface area contributed by atoms with E-state index in [1.54, 1.807) is 16.8 Å². The van der Waals surface area contributed by atoms with Crippen LogP contribution in [0.3, 0.4) is 0 Å². The van der Waals surface area contributed by atoms with Crippen LogP contribution in [0.15, 0.2) is 6.33 Å². The van der Waals surface area contributed by atoms with Gasteiger partial charge >= 0.3 is 0 Å². The maximum Gasteiger partial charge on any atom is 0.141 e. The highest BCUT2D eigenvalue weighted by Gasteiger charge is 2.23. The van der Waals surface area contributed by atoms with Crippen LogP contribution in [0.25, 0.3) is 10.2 Å². The molecule has 0 bridgehead atoms. The summed E-state index contributed by atoms with van der Waals surface area (Å²) in [5.74, 6) is 1.21. The summed E-state index contributed by atoms with van der Waals surface area (Å²) in [5.41, 5.74) is 1.55. The molecule has 18 heavy (non-hydrogen) atoms. The van der Waals surface area contributed by atoms with Crippen molar-refractivity contribution < 1.29 is 0 Å². The third kappa shape index (κ3) is 1.55. The van der Waals surface area contributed by atoms with Gasteiger partial charge < -0.3 is 4.90 Å².